The molecule has 0 nitrogen and oxygen atoms in total. The fraction of sp³-hybridized carbons (Fsp3) is 0. The maximum Gasteiger partial charge on any atom is 0.132 e. The van der Waals surface area contributed by atoms with Crippen LogP contribution in [0.25, 0.3) is 20.2 Å². The van der Waals surface area contributed by atoms with Gasteiger partial charge in [-0.2, -0.15) is 0 Å². The highest BCUT2D eigenvalue weighted by Crippen LogP contribution is 2.34. The first-order valence-corrected chi connectivity index (χ1v) is 5.24. The van der Waals surface area contributed by atoms with Gasteiger partial charge in [0, 0.05) is 20.2 Å². The zero-order valence-corrected chi connectivity index (χ0v) is 8.14. The Balaban J connectivity index is 2.65. The van der Waals surface area contributed by atoms with E-state index in [-0.39, 0.29) is 5.82 Å². The fourth-order valence-electron chi connectivity index (χ4n) is 1.73. The van der Waals surface area contributed by atoms with Crippen LogP contribution in [-0.2, 0) is 0 Å². The predicted octanol–water partition coefficient (Wildman–Crippen LogP) is 4.19. The topological polar surface area (TPSA) is 0 Å². The van der Waals surface area contributed by atoms with Crippen molar-refractivity contribution in [3.63, 3.8) is 0 Å². The van der Waals surface area contributed by atoms with Gasteiger partial charge in [0.1, 0.15) is 5.82 Å². The van der Waals surface area contributed by atoms with Gasteiger partial charge in [-0.1, -0.05) is 24.3 Å². The minimum Gasteiger partial charge on any atom is -0.206 e. The van der Waals surface area contributed by atoms with E-state index in [0.717, 1.165) is 20.2 Å². The summed E-state index contributed by atoms with van der Waals surface area (Å²) in [5.41, 5.74) is 0. The molecule has 0 aliphatic rings. The van der Waals surface area contributed by atoms with Crippen LogP contribution in [-0.4, -0.2) is 0 Å². The summed E-state index contributed by atoms with van der Waals surface area (Å²) >= 11 is 1.64. The van der Waals surface area contributed by atoms with Crippen molar-refractivity contribution in [1.29, 1.82) is 0 Å². The summed E-state index contributed by atoms with van der Waals surface area (Å²) in [5, 5.41) is 1.78. The molecule has 0 saturated heterocycles. The monoisotopic (exact) mass is 202 g/mol. The minimum absolute atomic E-state index is 0.125. The Labute approximate surface area is 84.6 Å². The van der Waals surface area contributed by atoms with Crippen molar-refractivity contribution in [1.82, 2.24) is 0 Å². The summed E-state index contributed by atoms with van der Waals surface area (Å²) in [5.74, 6) is -0.125. The van der Waals surface area contributed by atoms with Gasteiger partial charge >= 0.3 is 0 Å². The molecule has 0 spiro atoms. The number of rotatable bonds is 0. The van der Waals surface area contributed by atoms with Gasteiger partial charge in [-0.05, 0) is 18.2 Å². The molecule has 0 aliphatic heterocycles. The molecule has 0 amide bonds. The lowest BCUT2D eigenvalue weighted by atomic mass is 10.1. The molecule has 0 bridgehead atoms. The maximum absolute atomic E-state index is 13.6. The van der Waals surface area contributed by atoms with E-state index < -0.39 is 0 Å². The van der Waals surface area contributed by atoms with Gasteiger partial charge in [-0.3, -0.25) is 0 Å². The molecule has 0 N–H and O–H groups in total. The summed E-state index contributed by atoms with van der Waals surface area (Å²) in [7, 11) is 0. The first kappa shape index (κ1) is 7.94. The normalized spacial score (nSPS) is 11.2. The SMILES string of the molecule is Fc1cccc2sc3ccccc3c12. The lowest BCUT2D eigenvalue weighted by Crippen LogP contribution is -1.73. The van der Waals surface area contributed by atoms with E-state index in [2.05, 4.69) is 0 Å². The van der Waals surface area contributed by atoms with E-state index >= 15 is 0 Å². The molecule has 0 atom stereocenters. The second kappa shape index (κ2) is 2.79. The van der Waals surface area contributed by atoms with Gasteiger partial charge in [0.05, 0.1) is 0 Å². The Kier molecular flexibility index (Phi) is 1.58. The number of hydrogen-bond donors (Lipinski definition) is 0. The lowest BCUT2D eigenvalue weighted by Gasteiger charge is -1.92. The first-order chi connectivity index (χ1) is 6.86. The third-order valence-corrected chi connectivity index (χ3v) is 3.49. The highest BCUT2D eigenvalue weighted by molar-refractivity contribution is 7.25. The maximum atomic E-state index is 13.6. The second-order valence-electron chi connectivity index (χ2n) is 3.21. The van der Waals surface area contributed by atoms with Crippen LogP contribution in [0.1, 0.15) is 0 Å². The summed E-state index contributed by atoms with van der Waals surface area (Å²) in [4.78, 5) is 0. The largest absolute Gasteiger partial charge is 0.206 e. The molecule has 2 heteroatoms. The van der Waals surface area contributed by atoms with Crippen molar-refractivity contribution in [3.05, 3.63) is 48.3 Å². The van der Waals surface area contributed by atoms with Crippen molar-refractivity contribution < 1.29 is 4.39 Å². The van der Waals surface area contributed by atoms with Gasteiger partial charge in [0.2, 0.25) is 0 Å². The highest BCUT2D eigenvalue weighted by atomic mass is 32.1. The summed E-state index contributed by atoms with van der Waals surface area (Å²) in [6, 6.07) is 13.2. The molecule has 3 aromatic rings. The van der Waals surface area contributed by atoms with Crippen molar-refractivity contribution in [3.8, 4) is 0 Å². The van der Waals surface area contributed by atoms with Crippen molar-refractivity contribution in [2.24, 2.45) is 0 Å². The third kappa shape index (κ3) is 0.976. The van der Waals surface area contributed by atoms with E-state index in [1.165, 1.54) is 6.07 Å². The van der Waals surface area contributed by atoms with Crippen molar-refractivity contribution >= 4 is 31.5 Å². The van der Waals surface area contributed by atoms with Gasteiger partial charge in [0.15, 0.2) is 0 Å². The average Bonchev–Trinajstić information content (AvgIpc) is 2.57. The lowest BCUT2D eigenvalue weighted by molar-refractivity contribution is 0.641. The third-order valence-electron chi connectivity index (χ3n) is 2.35. The molecule has 0 aliphatic carbocycles. The average molecular weight is 202 g/mol. The smallest absolute Gasteiger partial charge is 0.132 e. The minimum atomic E-state index is -0.125. The van der Waals surface area contributed by atoms with Crippen molar-refractivity contribution in [2.75, 3.05) is 0 Å². The number of hydrogen-bond acceptors (Lipinski definition) is 1. The van der Waals surface area contributed by atoms with Crippen LogP contribution in [0.2, 0.25) is 0 Å². The van der Waals surface area contributed by atoms with Crippen LogP contribution in [0.15, 0.2) is 42.5 Å². The van der Waals surface area contributed by atoms with Gasteiger partial charge in [-0.25, -0.2) is 4.39 Å². The Morgan fingerprint density at radius 3 is 2.57 bits per heavy atom. The van der Waals surface area contributed by atoms with E-state index in [4.69, 9.17) is 0 Å². The Bertz CT molecular complexity index is 610. The zero-order valence-electron chi connectivity index (χ0n) is 7.33. The summed E-state index contributed by atoms with van der Waals surface area (Å²) < 4.78 is 15.7. The molecule has 14 heavy (non-hydrogen) atoms. The molecular formula is C12H7FS. The van der Waals surface area contributed by atoms with Gasteiger partial charge in [0.25, 0.3) is 0 Å². The Morgan fingerprint density at radius 2 is 1.64 bits per heavy atom. The number of fused-ring (bicyclic) bond motifs is 3. The standard InChI is InChI=1S/C12H7FS/c13-9-5-3-7-11-12(9)8-4-1-2-6-10(8)14-11/h1-7H. The molecule has 0 saturated carbocycles. The number of thiophene rings is 1. The molecule has 68 valence electrons. The van der Waals surface area contributed by atoms with Crippen LogP contribution in [0.3, 0.4) is 0 Å². The molecule has 2 aromatic carbocycles. The Morgan fingerprint density at radius 1 is 0.857 bits per heavy atom. The molecule has 1 heterocycles. The molecular weight excluding hydrogens is 195 g/mol. The van der Waals surface area contributed by atoms with Crippen LogP contribution in [0.4, 0.5) is 4.39 Å². The molecule has 0 radical (unpaired) electrons. The van der Waals surface area contributed by atoms with Crippen LogP contribution in [0.5, 0.6) is 0 Å². The molecule has 3 rings (SSSR count). The van der Waals surface area contributed by atoms with Gasteiger partial charge < -0.3 is 0 Å². The van der Waals surface area contributed by atoms with E-state index in [1.54, 1.807) is 17.4 Å². The van der Waals surface area contributed by atoms with Crippen LogP contribution < -0.4 is 0 Å². The van der Waals surface area contributed by atoms with Crippen LogP contribution in [0, 0.1) is 5.82 Å². The highest BCUT2D eigenvalue weighted by Gasteiger charge is 2.07. The predicted molar refractivity (Wildman–Crippen MR) is 59.3 cm³/mol. The first-order valence-electron chi connectivity index (χ1n) is 4.42. The van der Waals surface area contributed by atoms with Crippen molar-refractivity contribution in [2.45, 2.75) is 0 Å². The van der Waals surface area contributed by atoms with Gasteiger partial charge in [-0.15, -0.1) is 11.3 Å². The Hall–Kier alpha value is -1.41. The quantitative estimate of drug-likeness (QED) is 0.512. The molecule has 1 aromatic heterocycles. The summed E-state index contributed by atoms with van der Waals surface area (Å²) in [6.07, 6.45) is 0. The molecule has 0 fully saturated rings. The van der Waals surface area contributed by atoms with E-state index in [0.29, 0.717) is 0 Å². The zero-order chi connectivity index (χ0) is 9.54. The fourth-order valence-corrected chi connectivity index (χ4v) is 2.85. The van der Waals surface area contributed by atoms with E-state index in [9.17, 15) is 4.39 Å². The summed E-state index contributed by atoms with van der Waals surface area (Å²) in [6.45, 7) is 0. The van der Waals surface area contributed by atoms with E-state index in [1.807, 2.05) is 30.3 Å². The number of halogens is 1. The second-order valence-corrected chi connectivity index (χ2v) is 4.29. The van der Waals surface area contributed by atoms with Crippen LogP contribution >= 0.6 is 11.3 Å². The number of benzene rings is 2. The molecule has 0 unspecified atom stereocenters.